The standard InChI is InChI=1S/C20H23N3O2S2.C18H21Cl2N3O2S/c1-14-12-23(13-15(2)21-14)18-8-5-7-17(11-18)22-27(24,25)20-10-16-6-3-4-9-19(16)26-20;1-12-10-23(11-13(2)21-12)15-6-3-5-14(9-15)22-26(24,25)17-8-4-7-16(19)18(17)20/h3-11,14-15,21-22H,12-13H2,1-2H3;3-9,12-13,21-22H,10-11H2,1-2H3/t14-,15+;12-,13+. The fourth-order valence-electron chi connectivity index (χ4n) is 6.80. The predicted molar refractivity (Wildman–Crippen MR) is 221 cm³/mol. The van der Waals surface area contributed by atoms with E-state index >= 15 is 0 Å². The first-order valence-electron chi connectivity index (χ1n) is 17.4. The van der Waals surface area contributed by atoms with Crippen molar-refractivity contribution in [3.8, 4) is 0 Å². The van der Waals surface area contributed by atoms with E-state index in [9.17, 15) is 16.8 Å². The van der Waals surface area contributed by atoms with Crippen LogP contribution in [0.3, 0.4) is 0 Å². The average molecular weight is 816 g/mol. The van der Waals surface area contributed by atoms with Gasteiger partial charge in [-0.25, -0.2) is 16.8 Å². The van der Waals surface area contributed by atoms with Gasteiger partial charge in [-0.15, -0.1) is 11.3 Å². The molecule has 2 fully saturated rings. The van der Waals surface area contributed by atoms with Gasteiger partial charge in [0.25, 0.3) is 20.0 Å². The lowest BCUT2D eigenvalue weighted by molar-refractivity contribution is 0.407. The molecule has 15 heteroatoms. The van der Waals surface area contributed by atoms with Crippen LogP contribution in [-0.2, 0) is 20.0 Å². The number of benzene rings is 4. The van der Waals surface area contributed by atoms with E-state index in [1.54, 1.807) is 30.3 Å². The third kappa shape index (κ3) is 9.76. The second-order valence-electron chi connectivity index (χ2n) is 13.7. The normalized spacial score (nSPS) is 20.8. The monoisotopic (exact) mass is 814 g/mol. The Morgan fingerprint density at radius 3 is 1.64 bits per heavy atom. The molecule has 282 valence electrons. The quantitative estimate of drug-likeness (QED) is 0.125. The minimum absolute atomic E-state index is 0.0163. The molecule has 2 aliphatic rings. The van der Waals surface area contributed by atoms with Gasteiger partial charge in [0, 0.05) is 66.4 Å². The van der Waals surface area contributed by atoms with Crippen LogP contribution in [0.5, 0.6) is 0 Å². The van der Waals surface area contributed by atoms with E-state index in [-0.39, 0.29) is 14.9 Å². The third-order valence-electron chi connectivity index (χ3n) is 8.92. The second-order valence-corrected chi connectivity index (χ2v) is 19.1. The minimum atomic E-state index is -3.83. The lowest BCUT2D eigenvalue weighted by Crippen LogP contribution is -2.54. The summed E-state index contributed by atoms with van der Waals surface area (Å²) in [6.45, 7) is 12.1. The molecule has 0 radical (unpaired) electrons. The first-order chi connectivity index (χ1) is 25.2. The molecule has 4 N–H and O–H groups in total. The Balaban J connectivity index is 0.000000182. The summed E-state index contributed by atoms with van der Waals surface area (Å²) < 4.78 is 57.7. The summed E-state index contributed by atoms with van der Waals surface area (Å²) in [5.74, 6) is 0. The number of nitrogens with zero attached hydrogens (tertiary/aromatic N) is 2. The van der Waals surface area contributed by atoms with Gasteiger partial charge in [0.2, 0.25) is 0 Å². The summed E-state index contributed by atoms with van der Waals surface area (Å²) in [5, 5.41) is 8.16. The van der Waals surface area contributed by atoms with Gasteiger partial charge in [-0.1, -0.05) is 59.6 Å². The van der Waals surface area contributed by atoms with Gasteiger partial charge >= 0.3 is 0 Å². The Morgan fingerprint density at radius 2 is 1.11 bits per heavy atom. The van der Waals surface area contributed by atoms with Crippen LogP contribution in [0.25, 0.3) is 10.1 Å². The van der Waals surface area contributed by atoms with Crippen molar-refractivity contribution in [1.29, 1.82) is 0 Å². The molecule has 1 aromatic heterocycles. The number of piperazine rings is 2. The largest absolute Gasteiger partial charge is 0.368 e. The average Bonchev–Trinajstić information content (AvgIpc) is 3.55. The molecular weight excluding hydrogens is 772 g/mol. The molecule has 0 aliphatic carbocycles. The van der Waals surface area contributed by atoms with Gasteiger partial charge in [-0.3, -0.25) is 9.44 Å². The highest BCUT2D eigenvalue weighted by Crippen LogP contribution is 2.32. The molecule has 0 unspecified atom stereocenters. The van der Waals surface area contributed by atoms with E-state index in [0.29, 0.717) is 39.8 Å². The fourth-order valence-corrected chi connectivity index (χ4v) is 11.1. The molecule has 53 heavy (non-hydrogen) atoms. The van der Waals surface area contributed by atoms with Crippen molar-refractivity contribution >= 4 is 87.4 Å². The van der Waals surface area contributed by atoms with Crippen molar-refractivity contribution in [2.45, 2.75) is 61.0 Å². The van der Waals surface area contributed by atoms with Crippen LogP contribution in [-0.4, -0.2) is 67.2 Å². The molecule has 7 rings (SSSR count). The van der Waals surface area contributed by atoms with Crippen molar-refractivity contribution in [1.82, 2.24) is 10.6 Å². The zero-order chi connectivity index (χ0) is 37.9. The number of thiophene rings is 1. The molecule has 5 aromatic rings. The Bertz CT molecular complexity index is 2240. The van der Waals surface area contributed by atoms with Gasteiger partial charge in [0.15, 0.2) is 0 Å². The van der Waals surface area contributed by atoms with Crippen LogP contribution in [0.4, 0.5) is 22.7 Å². The Labute approximate surface area is 326 Å². The molecule has 10 nitrogen and oxygen atoms in total. The Morgan fingerprint density at radius 1 is 0.623 bits per heavy atom. The maximum absolute atomic E-state index is 12.8. The summed E-state index contributed by atoms with van der Waals surface area (Å²) >= 11 is 13.3. The van der Waals surface area contributed by atoms with Crippen molar-refractivity contribution < 1.29 is 16.8 Å². The van der Waals surface area contributed by atoms with E-state index < -0.39 is 20.0 Å². The highest BCUT2D eigenvalue weighted by Gasteiger charge is 2.24. The summed E-state index contributed by atoms with van der Waals surface area (Å²) in [6, 6.07) is 30.5. The molecule has 2 aliphatic heterocycles. The van der Waals surface area contributed by atoms with Gasteiger partial charge in [0.05, 0.1) is 21.4 Å². The fraction of sp³-hybridized carbons (Fsp3) is 0.316. The van der Waals surface area contributed by atoms with Crippen LogP contribution in [0.15, 0.2) is 106 Å². The number of fused-ring (bicyclic) bond motifs is 1. The van der Waals surface area contributed by atoms with E-state index in [1.165, 1.54) is 17.4 Å². The zero-order valence-corrected chi connectivity index (χ0v) is 33.8. The summed E-state index contributed by atoms with van der Waals surface area (Å²) in [6.07, 6.45) is 0. The van der Waals surface area contributed by atoms with Crippen molar-refractivity contribution in [2.24, 2.45) is 0 Å². The second kappa shape index (κ2) is 16.4. The summed E-state index contributed by atoms with van der Waals surface area (Å²) in [5.41, 5.74) is 3.08. The zero-order valence-electron chi connectivity index (χ0n) is 29.9. The van der Waals surface area contributed by atoms with Gasteiger partial charge in [-0.2, -0.15) is 0 Å². The number of anilines is 4. The van der Waals surface area contributed by atoms with Gasteiger partial charge < -0.3 is 20.4 Å². The van der Waals surface area contributed by atoms with E-state index in [4.69, 9.17) is 23.2 Å². The van der Waals surface area contributed by atoms with Crippen molar-refractivity contribution in [3.63, 3.8) is 0 Å². The maximum atomic E-state index is 12.8. The predicted octanol–water partition coefficient (Wildman–Crippen LogP) is 7.87. The Hall–Kier alpha value is -3.56. The van der Waals surface area contributed by atoms with Crippen LogP contribution < -0.4 is 29.9 Å². The van der Waals surface area contributed by atoms with E-state index in [1.807, 2.05) is 60.7 Å². The first-order valence-corrected chi connectivity index (χ1v) is 21.9. The van der Waals surface area contributed by atoms with E-state index in [0.717, 1.165) is 47.6 Å². The molecule has 2 saturated heterocycles. The lowest BCUT2D eigenvalue weighted by atomic mass is 10.1. The number of hydrogen-bond donors (Lipinski definition) is 4. The third-order valence-corrected chi connectivity index (χ3v) is 14.2. The molecule has 3 heterocycles. The molecule has 0 spiro atoms. The lowest BCUT2D eigenvalue weighted by Gasteiger charge is -2.37. The van der Waals surface area contributed by atoms with Crippen molar-refractivity contribution in [3.05, 3.63) is 107 Å². The molecule has 0 amide bonds. The molecule has 4 atom stereocenters. The topological polar surface area (TPSA) is 123 Å². The maximum Gasteiger partial charge on any atom is 0.271 e. The molecule has 0 bridgehead atoms. The van der Waals surface area contributed by atoms with Crippen molar-refractivity contribution in [2.75, 3.05) is 45.4 Å². The summed E-state index contributed by atoms with van der Waals surface area (Å²) in [4.78, 5) is 4.50. The molecular formula is C38H44Cl2N6O4S3. The van der Waals surface area contributed by atoms with Crippen LogP contribution >= 0.6 is 34.5 Å². The highest BCUT2D eigenvalue weighted by molar-refractivity contribution is 7.94. The number of rotatable bonds is 8. The summed E-state index contributed by atoms with van der Waals surface area (Å²) in [7, 11) is -7.44. The smallest absolute Gasteiger partial charge is 0.271 e. The van der Waals surface area contributed by atoms with Crippen LogP contribution in [0, 0.1) is 0 Å². The number of hydrogen-bond acceptors (Lipinski definition) is 9. The SMILES string of the molecule is C[C@@H]1CN(c2cccc(NS(=O)(=O)c3cc4ccccc4s3)c2)C[C@H](C)N1.C[C@@H]1CN(c2cccc(NS(=O)(=O)c3cccc(Cl)c3Cl)c2)C[C@H](C)N1. The minimum Gasteiger partial charge on any atom is -0.368 e. The molecule has 0 saturated carbocycles. The number of nitrogens with one attached hydrogen (secondary N) is 4. The van der Waals surface area contributed by atoms with Gasteiger partial charge in [0.1, 0.15) is 9.10 Å². The first kappa shape index (κ1) is 39.1. The number of sulfonamides is 2. The van der Waals surface area contributed by atoms with Crippen LogP contribution in [0.2, 0.25) is 10.0 Å². The highest BCUT2D eigenvalue weighted by atomic mass is 35.5. The van der Waals surface area contributed by atoms with E-state index in [2.05, 4.69) is 57.6 Å². The molecule has 4 aromatic carbocycles. The van der Waals surface area contributed by atoms with Gasteiger partial charge in [-0.05, 0) is 93.7 Å². The number of halogens is 2. The van der Waals surface area contributed by atoms with Crippen LogP contribution in [0.1, 0.15) is 27.7 Å². The Kier molecular flexibility index (Phi) is 12.1.